The molecule has 3 rings (SSSR count). The highest BCUT2D eigenvalue weighted by molar-refractivity contribution is 5.98. The van der Waals surface area contributed by atoms with Gasteiger partial charge in [0.15, 0.2) is 5.78 Å². The number of hydrogen-bond acceptors (Lipinski definition) is 5. The van der Waals surface area contributed by atoms with E-state index in [1.54, 1.807) is 12.5 Å². The molecule has 0 saturated carbocycles. The molecule has 0 radical (unpaired) electrons. The average Bonchev–Trinajstić information content (AvgIpc) is 2.99. The Bertz CT molecular complexity index is 608. The largest absolute Gasteiger partial charge is 0.469 e. The van der Waals surface area contributed by atoms with E-state index in [9.17, 15) is 4.79 Å². The van der Waals surface area contributed by atoms with E-state index in [0.717, 1.165) is 30.8 Å². The number of Topliss-reactive ketones (excluding diaryl/α,β-unsaturated/α-hetero) is 1. The summed E-state index contributed by atoms with van der Waals surface area (Å²) in [7, 11) is 0. The van der Waals surface area contributed by atoms with Crippen molar-refractivity contribution in [2.45, 2.75) is 32.1 Å². The first-order valence-corrected chi connectivity index (χ1v) is 6.94. The number of nitrogens with zero attached hydrogens (tertiary/aromatic N) is 2. The summed E-state index contributed by atoms with van der Waals surface area (Å²) in [5.74, 6) is 1.62. The lowest BCUT2D eigenvalue weighted by Gasteiger charge is -2.21. The van der Waals surface area contributed by atoms with E-state index in [2.05, 4.69) is 22.2 Å². The second kappa shape index (κ2) is 5.45. The van der Waals surface area contributed by atoms with Crippen LogP contribution in [0.4, 0.5) is 5.95 Å². The summed E-state index contributed by atoms with van der Waals surface area (Å²) >= 11 is 0. The number of carbonyl (C=O) groups excluding carboxylic acids is 1. The molecule has 0 amide bonds. The lowest BCUT2D eigenvalue weighted by Crippen LogP contribution is -2.21. The van der Waals surface area contributed by atoms with E-state index in [4.69, 9.17) is 4.42 Å². The van der Waals surface area contributed by atoms with E-state index in [-0.39, 0.29) is 11.7 Å². The predicted molar refractivity (Wildman–Crippen MR) is 74.9 cm³/mol. The van der Waals surface area contributed by atoms with Gasteiger partial charge in [0, 0.05) is 31.5 Å². The highest BCUT2D eigenvalue weighted by atomic mass is 16.3. The van der Waals surface area contributed by atoms with Crippen LogP contribution >= 0.6 is 0 Å². The lowest BCUT2D eigenvalue weighted by molar-refractivity contribution is 0.0958. The van der Waals surface area contributed by atoms with Crippen LogP contribution in [-0.2, 0) is 6.42 Å². The van der Waals surface area contributed by atoms with Crippen molar-refractivity contribution >= 4 is 11.7 Å². The van der Waals surface area contributed by atoms with Crippen LogP contribution in [0.2, 0.25) is 0 Å². The highest BCUT2D eigenvalue weighted by Crippen LogP contribution is 2.32. The summed E-state index contributed by atoms with van der Waals surface area (Å²) in [6.07, 6.45) is 5.47. The van der Waals surface area contributed by atoms with Gasteiger partial charge < -0.3 is 9.73 Å². The zero-order valence-corrected chi connectivity index (χ0v) is 11.4. The highest BCUT2D eigenvalue weighted by Gasteiger charge is 2.29. The van der Waals surface area contributed by atoms with Gasteiger partial charge in [-0.15, -0.1) is 0 Å². The Morgan fingerprint density at radius 3 is 3.10 bits per heavy atom. The van der Waals surface area contributed by atoms with Crippen molar-refractivity contribution in [3.8, 4) is 0 Å². The molecule has 5 heteroatoms. The third kappa shape index (κ3) is 2.43. The maximum Gasteiger partial charge on any atom is 0.222 e. The van der Waals surface area contributed by atoms with E-state index < -0.39 is 0 Å². The molecule has 0 spiro atoms. The van der Waals surface area contributed by atoms with Crippen molar-refractivity contribution < 1.29 is 9.21 Å². The second-order valence-electron chi connectivity index (χ2n) is 5.02. The summed E-state index contributed by atoms with van der Waals surface area (Å²) < 4.78 is 5.42. The quantitative estimate of drug-likeness (QED) is 0.926. The molecule has 1 atom stereocenters. The summed E-state index contributed by atoms with van der Waals surface area (Å²) in [6, 6.07) is 3.77. The van der Waals surface area contributed by atoms with Gasteiger partial charge in [-0.05, 0) is 18.6 Å². The molecule has 0 saturated heterocycles. The number of nitrogens with one attached hydrogen (secondary N) is 1. The van der Waals surface area contributed by atoms with Crippen LogP contribution in [0.1, 0.15) is 47.5 Å². The summed E-state index contributed by atoms with van der Waals surface area (Å²) in [5, 5.41) is 3.15. The molecule has 104 valence electrons. The van der Waals surface area contributed by atoms with E-state index >= 15 is 0 Å². The number of rotatable bonds is 4. The summed E-state index contributed by atoms with van der Waals surface area (Å²) in [4.78, 5) is 20.9. The molecule has 1 N–H and O–H groups in total. The van der Waals surface area contributed by atoms with Crippen molar-refractivity contribution in [3.63, 3.8) is 0 Å². The number of aromatic nitrogens is 2. The maximum absolute atomic E-state index is 12.2. The van der Waals surface area contributed by atoms with Crippen LogP contribution in [0.3, 0.4) is 0 Å². The summed E-state index contributed by atoms with van der Waals surface area (Å²) in [5.41, 5.74) is 1.46. The normalized spacial score (nSPS) is 17.9. The van der Waals surface area contributed by atoms with Gasteiger partial charge in [0.1, 0.15) is 5.76 Å². The average molecular weight is 271 g/mol. The number of furan rings is 1. The first-order chi connectivity index (χ1) is 9.78. The Balaban J connectivity index is 1.87. The fourth-order valence-electron chi connectivity index (χ4n) is 2.49. The van der Waals surface area contributed by atoms with Crippen molar-refractivity contribution in [1.82, 2.24) is 9.97 Å². The zero-order valence-electron chi connectivity index (χ0n) is 11.4. The van der Waals surface area contributed by atoms with Crippen molar-refractivity contribution in [2.75, 3.05) is 11.9 Å². The van der Waals surface area contributed by atoms with Crippen molar-refractivity contribution in [2.24, 2.45) is 0 Å². The van der Waals surface area contributed by atoms with Gasteiger partial charge in [-0.25, -0.2) is 9.97 Å². The van der Waals surface area contributed by atoms with Crippen LogP contribution in [0.25, 0.3) is 0 Å². The van der Waals surface area contributed by atoms with Gasteiger partial charge in [0.25, 0.3) is 0 Å². The Morgan fingerprint density at radius 2 is 2.35 bits per heavy atom. The first-order valence-electron chi connectivity index (χ1n) is 6.94. The third-order valence-corrected chi connectivity index (χ3v) is 3.52. The zero-order chi connectivity index (χ0) is 13.9. The topological polar surface area (TPSA) is 68.0 Å². The minimum atomic E-state index is 0.0823. The molecule has 5 nitrogen and oxygen atoms in total. The molecule has 0 unspecified atom stereocenters. The van der Waals surface area contributed by atoms with Gasteiger partial charge >= 0.3 is 0 Å². The Hall–Kier alpha value is -2.17. The molecule has 2 aromatic heterocycles. The number of anilines is 1. The van der Waals surface area contributed by atoms with Crippen LogP contribution < -0.4 is 5.32 Å². The number of hydrogen-bond donors (Lipinski definition) is 1. The van der Waals surface area contributed by atoms with Gasteiger partial charge in [-0.3, -0.25) is 4.79 Å². The second-order valence-corrected chi connectivity index (χ2v) is 5.02. The number of ketones is 1. The molecule has 1 aliphatic carbocycles. The first kappa shape index (κ1) is 12.8. The maximum atomic E-state index is 12.2. The Kier molecular flexibility index (Phi) is 3.50. The fourth-order valence-corrected chi connectivity index (χ4v) is 2.49. The molecule has 2 heterocycles. The standard InChI is InChI=1S/C15H17N3O2/c1-2-5-16-15-17-9-11-12(18-15)7-10(8-13(11)19)14-4-3-6-20-14/h3-4,6,9-10H,2,5,7-8H2,1H3,(H,16,17,18)/t10-/m0/s1. The Labute approximate surface area is 117 Å². The minimum absolute atomic E-state index is 0.0823. The lowest BCUT2D eigenvalue weighted by atomic mass is 9.85. The summed E-state index contributed by atoms with van der Waals surface area (Å²) in [6.45, 7) is 2.91. The van der Waals surface area contributed by atoms with Crippen LogP contribution in [0.15, 0.2) is 29.0 Å². The predicted octanol–water partition coefficient (Wildman–Crippen LogP) is 2.80. The van der Waals surface area contributed by atoms with E-state index in [1.165, 1.54) is 0 Å². The molecule has 20 heavy (non-hydrogen) atoms. The van der Waals surface area contributed by atoms with Crippen LogP contribution in [-0.4, -0.2) is 22.3 Å². The van der Waals surface area contributed by atoms with E-state index in [1.807, 2.05) is 12.1 Å². The molecule has 0 fully saturated rings. The van der Waals surface area contributed by atoms with Crippen LogP contribution in [0.5, 0.6) is 0 Å². The molecule has 1 aliphatic rings. The van der Waals surface area contributed by atoms with Gasteiger partial charge in [0.2, 0.25) is 5.95 Å². The molecular formula is C15H17N3O2. The molecule has 2 aromatic rings. The van der Waals surface area contributed by atoms with Gasteiger partial charge in [-0.2, -0.15) is 0 Å². The Morgan fingerprint density at radius 1 is 1.45 bits per heavy atom. The number of fused-ring (bicyclic) bond motifs is 1. The molecule has 0 aromatic carbocycles. The van der Waals surface area contributed by atoms with Crippen molar-refractivity contribution in [1.29, 1.82) is 0 Å². The number of carbonyl (C=O) groups is 1. The molecule has 0 aliphatic heterocycles. The molecule has 0 bridgehead atoms. The molecular weight excluding hydrogens is 254 g/mol. The smallest absolute Gasteiger partial charge is 0.222 e. The van der Waals surface area contributed by atoms with Crippen LogP contribution in [0, 0.1) is 0 Å². The fraction of sp³-hybridized carbons (Fsp3) is 0.400. The van der Waals surface area contributed by atoms with Gasteiger partial charge in [-0.1, -0.05) is 6.92 Å². The van der Waals surface area contributed by atoms with E-state index in [0.29, 0.717) is 17.9 Å². The van der Waals surface area contributed by atoms with Gasteiger partial charge in [0.05, 0.1) is 17.5 Å². The minimum Gasteiger partial charge on any atom is -0.469 e. The SMILES string of the molecule is CCCNc1ncc2c(n1)C[C@H](c1ccco1)CC2=O. The monoisotopic (exact) mass is 271 g/mol. The third-order valence-electron chi connectivity index (χ3n) is 3.52. The van der Waals surface area contributed by atoms with Crippen molar-refractivity contribution in [3.05, 3.63) is 41.6 Å².